The van der Waals surface area contributed by atoms with Crippen molar-refractivity contribution in [3.05, 3.63) is 20.3 Å². The average Bonchev–Trinajstić information content (AvgIpc) is 2.79. The number of ether oxygens (including phenoxy) is 1. The van der Waals surface area contributed by atoms with Crippen molar-refractivity contribution in [2.75, 3.05) is 7.11 Å². The molecular formula is C16H24BrNO2S. The molecule has 1 aliphatic rings. The zero-order valence-electron chi connectivity index (χ0n) is 12.8. The van der Waals surface area contributed by atoms with Crippen LogP contribution in [-0.4, -0.2) is 13.1 Å². The first-order valence-electron chi connectivity index (χ1n) is 7.54. The highest BCUT2D eigenvalue weighted by Gasteiger charge is 2.36. The largest absolute Gasteiger partial charge is 0.469 e. The van der Waals surface area contributed by atoms with Gasteiger partial charge >= 0.3 is 5.97 Å². The highest BCUT2D eigenvalue weighted by molar-refractivity contribution is 9.10. The number of carbonyl (C=O) groups is 1. The molecule has 21 heavy (non-hydrogen) atoms. The first kappa shape index (κ1) is 17.0. The van der Waals surface area contributed by atoms with Gasteiger partial charge in [-0.15, -0.1) is 11.3 Å². The molecule has 0 saturated heterocycles. The number of esters is 1. The van der Waals surface area contributed by atoms with Gasteiger partial charge in [0.05, 0.1) is 13.5 Å². The molecule has 5 heteroatoms. The van der Waals surface area contributed by atoms with Gasteiger partial charge in [0.1, 0.15) is 0 Å². The Morgan fingerprint density at radius 2 is 2.14 bits per heavy atom. The minimum absolute atomic E-state index is 0.00255. The topological polar surface area (TPSA) is 52.3 Å². The lowest BCUT2D eigenvalue weighted by Crippen LogP contribution is -2.31. The number of hydrogen-bond acceptors (Lipinski definition) is 4. The molecule has 1 fully saturated rings. The summed E-state index contributed by atoms with van der Waals surface area (Å²) in [5.74, 6) is -0.104. The molecule has 3 nitrogen and oxygen atoms in total. The molecule has 2 N–H and O–H groups in total. The van der Waals surface area contributed by atoms with Gasteiger partial charge in [-0.2, -0.15) is 0 Å². The third kappa shape index (κ3) is 4.30. The molecule has 2 rings (SSSR count). The van der Waals surface area contributed by atoms with E-state index < -0.39 is 0 Å². The Labute approximate surface area is 139 Å². The number of methoxy groups -OCH3 is 1. The van der Waals surface area contributed by atoms with Crippen molar-refractivity contribution < 1.29 is 9.53 Å². The second kappa shape index (κ2) is 7.25. The third-order valence-corrected chi connectivity index (χ3v) is 6.82. The normalized spacial score (nSPS) is 19.2. The van der Waals surface area contributed by atoms with Crippen LogP contribution in [-0.2, 0) is 9.53 Å². The fourth-order valence-electron chi connectivity index (χ4n) is 3.36. The van der Waals surface area contributed by atoms with Gasteiger partial charge in [-0.1, -0.05) is 19.3 Å². The Morgan fingerprint density at radius 1 is 1.48 bits per heavy atom. The van der Waals surface area contributed by atoms with Crippen molar-refractivity contribution >= 4 is 33.2 Å². The summed E-state index contributed by atoms with van der Waals surface area (Å²) >= 11 is 5.30. The van der Waals surface area contributed by atoms with Crippen LogP contribution in [0.25, 0.3) is 0 Å². The van der Waals surface area contributed by atoms with Gasteiger partial charge in [0.15, 0.2) is 0 Å². The minimum Gasteiger partial charge on any atom is -0.469 e. The minimum atomic E-state index is -0.104. The van der Waals surface area contributed by atoms with E-state index in [0.29, 0.717) is 6.42 Å². The van der Waals surface area contributed by atoms with Crippen molar-refractivity contribution in [3.8, 4) is 0 Å². The molecule has 0 bridgehead atoms. The Kier molecular flexibility index (Phi) is 5.86. The highest BCUT2D eigenvalue weighted by atomic mass is 79.9. The smallest absolute Gasteiger partial charge is 0.306 e. The third-order valence-electron chi connectivity index (χ3n) is 4.56. The lowest BCUT2D eigenvalue weighted by molar-refractivity contribution is -0.144. The van der Waals surface area contributed by atoms with E-state index in [9.17, 15) is 4.79 Å². The second-order valence-corrected chi connectivity index (χ2v) is 8.32. The SMILES string of the molecule is COC(=O)CC1(CC(N)c2cc(Br)c(C)s2)CCCCC1. The van der Waals surface area contributed by atoms with E-state index in [-0.39, 0.29) is 17.4 Å². The maximum Gasteiger partial charge on any atom is 0.306 e. The molecule has 1 heterocycles. The van der Waals surface area contributed by atoms with Gasteiger partial charge in [-0.05, 0) is 53.6 Å². The van der Waals surface area contributed by atoms with E-state index in [0.717, 1.165) is 23.7 Å². The van der Waals surface area contributed by atoms with Gasteiger partial charge in [0.2, 0.25) is 0 Å². The fourth-order valence-corrected chi connectivity index (χ4v) is 4.93. The van der Waals surface area contributed by atoms with E-state index >= 15 is 0 Å². The van der Waals surface area contributed by atoms with Crippen molar-refractivity contribution in [2.24, 2.45) is 11.1 Å². The molecule has 1 aromatic heterocycles. The van der Waals surface area contributed by atoms with E-state index in [1.54, 1.807) is 11.3 Å². The summed E-state index contributed by atoms with van der Waals surface area (Å²) in [7, 11) is 1.47. The molecule has 1 atom stereocenters. The summed E-state index contributed by atoms with van der Waals surface area (Å²) in [6.45, 7) is 2.09. The summed E-state index contributed by atoms with van der Waals surface area (Å²) in [5, 5.41) is 0. The Hall–Kier alpha value is -0.390. The molecule has 1 unspecified atom stereocenters. The number of carbonyl (C=O) groups excluding carboxylic acids is 1. The Bertz CT molecular complexity index is 475. The lowest BCUT2D eigenvalue weighted by atomic mass is 9.68. The fraction of sp³-hybridized carbons (Fsp3) is 0.688. The lowest BCUT2D eigenvalue weighted by Gasteiger charge is -2.38. The van der Waals surface area contributed by atoms with Crippen LogP contribution in [0.5, 0.6) is 0 Å². The van der Waals surface area contributed by atoms with Crippen molar-refractivity contribution in [3.63, 3.8) is 0 Å². The Balaban J connectivity index is 2.12. The first-order valence-corrected chi connectivity index (χ1v) is 9.15. The van der Waals surface area contributed by atoms with Crippen molar-refractivity contribution in [1.29, 1.82) is 0 Å². The quantitative estimate of drug-likeness (QED) is 0.759. The van der Waals surface area contributed by atoms with Gasteiger partial charge in [0.25, 0.3) is 0 Å². The van der Waals surface area contributed by atoms with Crippen LogP contribution in [0.15, 0.2) is 10.5 Å². The molecule has 0 aromatic carbocycles. The van der Waals surface area contributed by atoms with Gasteiger partial charge in [-0.25, -0.2) is 0 Å². The van der Waals surface area contributed by atoms with Crippen LogP contribution in [0.1, 0.15) is 60.7 Å². The predicted molar refractivity (Wildman–Crippen MR) is 90.5 cm³/mol. The zero-order chi connectivity index (χ0) is 15.5. The molecule has 1 saturated carbocycles. The maximum absolute atomic E-state index is 11.8. The van der Waals surface area contributed by atoms with Crippen molar-refractivity contribution in [1.82, 2.24) is 0 Å². The van der Waals surface area contributed by atoms with E-state index in [4.69, 9.17) is 10.5 Å². The van der Waals surface area contributed by atoms with Crippen LogP contribution < -0.4 is 5.73 Å². The summed E-state index contributed by atoms with van der Waals surface area (Å²) in [6, 6.07) is 2.13. The molecule has 0 aliphatic heterocycles. The molecule has 1 aliphatic carbocycles. The van der Waals surface area contributed by atoms with Crippen LogP contribution in [0.2, 0.25) is 0 Å². The van der Waals surface area contributed by atoms with E-state index in [1.807, 2.05) is 0 Å². The van der Waals surface area contributed by atoms with Crippen LogP contribution >= 0.6 is 27.3 Å². The van der Waals surface area contributed by atoms with Gasteiger partial charge < -0.3 is 10.5 Å². The number of nitrogens with two attached hydrogens (primary N) is 1. The standard InChI is InChI=1S/C16H24BrNO2S/c1-11-12(17)8-14(21-11)13(18)9-16(10-15(19)20-2)6-4-3-5-7-16/h8,13H,3-7,9-10,18H2,1-2H3. The number of halogens is 1. The number of thiophene rings is 1. The maximum atomic E-state index is 11.8. The zero-order valence-corrected chi connectivity index (χ0v) is 15.2. The molecule has 118 valence electrons. The monoisotopic (exact) mass is 373 g/mol. The van der Waals surface area contributed by atoms with E-state index in [2.05, 4.69) is 28.9 Å². The van der Waals surface area contributed by atoms with Crippen molar-refractivity contribution in [2.45, 2.75) is 57.9 Å². The molecule has 0 spiro atoms. The summed E-state index contributed by atoms with van der Waals surface area (Å²) < 4.78 is 6.03. The van der Waals surface area contributed by atoms with Gasteiger partial charge in [0, 0.05) is 20.3 Å². The summed E-state index contributed by atoms with van der Waals surface area (Å²) in [5.41, 5.74) is 6.47. The number of aryl methyl sites for hydroxylation is 1. The molecule has 1 aromatic rings. The summed E-state index contributed by atoms with van der Waals surface area (Å²) in [4.78, 5) is 14.3. The average molecular weight is 374 g/mol. The van der Waals surface area contributed by atoms with Crippen LogP contribution in [0.4, 0.5) is 0 Å². The molecular weight excluding hydrogens is 350 g/mol. The first-order chi connectivity index (χ1) is 9.96. The molecule has 0 radical (unpaired) electrons. The summed E-state index contributed by atoms with van der Waals surface area (Å²) in [6.07, 6.45) is 7.19. The second-order valence-electron chi connectivity index (χ2n) is 6.18. The van der Waals surface area contributed by atoms with Crippen LogP contribution in [0, 0.1) is 12.3 Å². The highest BCUT2D eigenvalue weighted by Crippen LogP contribution is 2.46. The molecule has 0 amide bonds. The van der Waals surface area contributed by atoms with E-state index in [1.165, 1.54) is 36.1 Å². The Morgan fingerprint density at radius 3 is 2.67 bits per heavy atom. The van der Waals surface area contributed by atoms with Crippen LogP contribution in [0.3, 0.4) is 0 Å². The van der Waals surface area contributed by atoms with Gasteiger partial charge in [-0.3, -0.25) is 4.79 Å². The number of hydrogen-bond donors (Lipinski definition) is 1. The number of rotatable bonds is 5. The predicted octanol–water partition coefficient (Wildman–Crippen LogP) is 4.72.